The average molecular weight is 400 g/mol. The van der Waals surface area contributed by atoms with Crippen LogP contribution in [0.2, 0.25) is 5.02 Å². The average Bonchev–Trinajstić information content (AvgIpc) is 2.70. The molecule has 3 aromatic rings. The Morgan fingerprint density at radius 3 is 2.57 bits per heavy atom. The highest BCUT2D eigenvalue weighted by Crippen LogP contribution is 2.24. The molecule has 2 heterocycles. The Hall–Kier alpha value is -2.77. The van der Waals surface area contributed by atoms with Gasteiger partial charge in [0.25, 0.3) is 0 Å². The summed E-state index contributed by atoms with van der Waals surface area (Å²) in [5, 5.41) is 4.21. The predicted octanol–water partition coefficient (Wildman–Crippen LogP) is 3.18. The number of carbonyl (C=O) groups is 1. The fourth-order valence-corrected chi connectivity index (χ4v) is 3.45. The summed E-state index contributed by atoms with van der Waals surface area (Å²) in [4.78, 5) is 25.0. The van der Waals surface area contributed by atoms with Crippen LogP contribution in [0.25, 0.3) is 10.9 Å². The van der Waals surface area contributed by atoms with Crippen molar-refractivity contribution in [1.82, 2.24) is 14.9 Å². The Morgan fingerprint density at radius 2 is 1.82 bits per heavy atom. The first-order valence-corrected chi connectivity index (χ1v) is 9.39. The van der Waals surface area contributed by atoms with Crippen LogP contribution in [0.5, 0.6) is 0 Å². The zero-order valence-corrected chi connectivity index (χ0v) is 15.9. The van der Waals surface area contributed by atoms with Gasteiger partial charge in [-0.2, -0.15) is 0 Å². The molecular weight excluding hydrogens is 381 g/mol. The van der Waals surface area contributed by atoms with Gasteiger partial charge in [-0.25, -0.2) is 14.4 Å². The van der Waals surface area contributed by atoms with E-state index in [1.807, 2.05) is 0 Å². The summed E-state index contributed by atoms with van der Waals surface area (Å²) in [5.74, 6) is 0.362. The summed E-state index contributed by atoms with van der Waals surface area (Å²) < 4.78 is 13.7. The number of halogens is 2. The lowest BCUT2D eigenvalue weighted by Gasteiger charge is -2.35. The van der Waals surface area contributed by atoms with Gasteiger partial charge in [0, 0.05) is 42.3 Å². The number of hydrogen-bond acceptors (Lipinski definition) is 5. The van der Waals surface area contributed by atoms with E-state index in [1.54, 1.807) is 30.3 Å². The molecule has 0 bridgehead atoms. The number of aromatic nitrogens is 2. The number of piperazine rings is 1. The van der Waals surface area contributed by atoms with E-state index in [-0.39, 0.29) is 11.7 Å². The molecule has 0 aliphatic carbocycles. The van der Waals surface area contributed by atoms with Gasteiger partial charge >= 0.3 is 0 Å². The van der Waals surface area contributed by atoms with Gasteiger partial charge in [-0.05, 0) is 42.5 Å². The third-order valence-corrected chi connectivity index (χ3v) is 5.00. The summed E-state index contributed by atoms with van der Waals surface area (Å²) in [5.41, 5.74) is 1.44. The third-order valence-electron chi connectivity index (χ3n) is 4.74. The van der Waals surface area contributed by atoms with Crippen LogP contribution in [0.3, 0.4) is 0 Å². The first kappa shape index (κ1) is 18.6. The number of nitrogens with one attached hydrogen (secondary N) is 1. The summed E-state index contributed by atoms with van der Waals surface area (Å²) in [6, 6.07) is 11.6. The Labute approximate surface area is 166 Å². The van der Waals surface area contributed by atoms with Crippen molar-refractivity contribution >= 4 is 39.9 Å². The quantitative estimate of drug-likeness (QED) is 0.730. The molecule has 0 radical (unpaired) electrons. The largest absolute Gasteiger partial charge is 0.353 e. The van der Waals surface area contributed by atoms with Crippen molar-refractivity contribution in [1.29, 1.82) is 0 Å². The molecule has 1 fully saturated rings. The summed E-state index contributed by atoms with van der Waals surface area (Å²) in [6.45, 7) is 3.16. The topological polar surface area (TPSA) is 61.4 Å². The van der Waals surface area contributed by atoms with E-state index < -0.39 is 0 Å². The number of benzene rings is 2. The van der Waals surface area contributed by atoms with Crippen LogP contribution in [-0.4, -0.2) is 53.5 Å². The molecule has 144 valence electrons. The minimum Gasteiger partial charge on any atom is -0.353 e. The van der Waals surface area contributed by atoms with E-state index in [4.69, 9.17) is 11.6 Å². The van der Waals surface area contributed by atoms with Crippen LogP contribution < -0.4 is 10.2 Å². The van der Waals surface area contributed by atoms with Gasteiger partial charge in [-0.1, -0.05) is 11.6 Å². The molecule has 0 spiro atoms. The molecule has 1 N–H and O–H groups in total. The molecule has 1 amide bonds. The first-order chi connectivity index (χ1) is 13.6. The fourth-order valence-electron chi connectivity index (χ4n) is 3.32. The normalized spacial score (nSPS) is 15.0. The lowest BCUT2D eigenvalue weighted by Crippen LogP contribution is -2.49. The lowest BCUT2D eigenvalue weighted by atomic mass is 10.2. The van der Waals surface area contributed by atoms with Crippen LogP contribution in [0.1, 0.15) is 0 Å². The molecule has 1 saturated heterocycles. The summed E-state index contributed by atoms with van der Waals surface area (Å²) in [7, 11) is 0. The number of carbonyl (C=O) groups excluding carboxylic acids is 1. The zero-order chi connectivity index (χ0) is 19.5. The molecule has 28 heavy (non-hydrogen) atoms. The Kier molecular flexibility index (Phi) is 5.36. The van der Waals surface area contributed by atoms with E-state index in [0.29, 0.717) is 30.0 Å². The highest BCUT2D eigenvalue weighted by molar-refractivity contribution is 6.30. The number of hydrogen-bond donors (Lipinski definition) is 1. The van der Waals surface area contributed by atoms with Crippen molar-refractivity contribution in [2.45, 2.75) is 0 Å². The maximum atomic E-state index is 13.7. The summed E-state index contributed by atoms with van der Waals surface area (Å²) >= 11 is 5.86. The number of rotatable bonds is 4. The highest BCUT2D eigenvalue weighted by atomic mass is 35.5. The van der Waals surface area contributed by atoms with Gasteiger partial charge in [-0.15, -0.1) is 0 Å². The molecule has 0 atom stereocenters. The summed E-state index contributed by atoms with van der Waals surface area (Å²) in [6.07, 6.45) is 1.50. The molecule has 1 aliphatic heterocycles. The third kappa shape index (κ3) is 4.21. The molecule has 0 unspecified atom stereocenters. The van der Waals surface area contributed by atoms with Gasteiger partial charge in [0.15, 0.2) is 0 Å². The van der Waals surface area contributed by atoms with Crippen LogP contribution >= 0.6 is 11.6 Å². The number of amides is 1. The molecule has 6 nitrogen and oxygen atoms in total. The van der Waals surface area contributed by atoms with Gasteiger partial charge in [0.2, 0.25) is 5.91 Å². The maximum Gasteiger partial charge on any atom is 0.238 e. The van der Waals surface area contributed by atoms with Crippen molar-refractivity contribution in [3.05, 3.63) is 59.6 Å². The van der Waals surface area contributed by atoms with Crippen molar-refractivity contribution in [2.24, 2.45) is 0 Å². The molecule has 8 heteroatoms. The van der Waals surface area contributed by atoms with Crippen molar-refractivity contribution in [3.8, 4) is 0 Å². The number of anilines is 2. The van der Waals surface area contributed by atoms with E-state index in [9.17, 15) is 9.18 Å². The van der Waals surface area contributed by atoms with Crippen molar-refractivity contribution in [3.63, 3.8) is 0 Å². The van der Waals surface area contributed by atoms with Crippen molar-refractivity contribution in [2.75, 3.05) is 42.9 Å². The smallest absolute Gasteiger partial charge is 0.238 e. The Balaban J connectivity index is 1.36. The molecule has 4 rings (SSSR count). The van der Waals surface area contributed by atoms with Gasteiger partial charge in [0.1, 0.15) is 18.0 Å². The molecule has 2 aromatic carbocycles. The minimum absolute atomic E-state index is 0.0645. The predicted molar refractivity (Wildman–Crippen MR) is 108 cm³/mol. The second-order valence-electron chi connectivity index (χ2n) is 6.68. The Morgan fingerprint density at radius 1 is 1.07 bits per heavy atom. The maximum absolute atomic E-state index is 13.7. The van der Waals surface area contributed by atoms with Crippen molar-refractivity contribution < 1.29 is 9.18 Å². The van der Waals surface area contributed by atoms with E-state index in [1.165, 1.54) is 18.5 Å². The fraction of sp³-hybridized carbons (Fsp3) is 0.250. The van der Waals surface area contributed by atoms with Gasteiger partial charge in [-0.3, -0.25) is 9.69 Å². The lowest BCUT2D eigenvalue weighted by molar-refractivity contribution is -0.117. The highest BCUT2D eigenvalue weighted by Gasteiger charge is 2.21. The standard InChI is InChI=1S/C20H19ClFN5O/c21-14-1-4-16(5-2-14)25-19(28)12-26-7-9-27(10-8-26)20-17-11-15(22)3-6-18(17)23-13-24-20/h1-6,11,13H,7-10,12H2,(H,25,28). The van der Waals surface area contributed by atoms with E-state index in [0.717, 1.165) is 30.1 Å². The van der Waals surface area contributed by atoms with Gasteiger partial charge < -0.3 is 10.2 Å². The monoisotopic (exact) mass is 399 g/mol. The van der Waals surface area contributed by atoms with E-state index >= 15 is 0 Å². The second-order valence-corrected chi connectivity index (χ2v) is 7.11. The molecule has 1 aromatic heterocycles. The molecular formula is C20H19ClFN5O. The van der Waals surface area contributed by atoms with Gasteiger partial charge in [0.05, 0.1) is 12.1 Å². The van der Waals surface area contributed by atoms with Crippen LogP contribution in [0.15, 0.2) is 48.8 Å². The second kappa shape index (κ2) is 8.08. The SMILES string of the molecule is O=C(CN1CCN(c2ncnc3ccc(F)cc23)CC1)Nc1ccc(Cl)cc1. The Bertz CT molecular complexity index is 990. The van der Waals surface area contributed by atoms with Crippen LogP contribution in [-0.2, 0) is 4.79 Å². The number of fused-ring (bicyclic) bond motifs is 1. The number of nitrogens with zero attached hydrogens (tertiary/aromatic N) is 4. The molecule has 0 saturated carbocycles. The first-order valence-electron chi connectivity index (χ1n) is 9.01. The molecule has 1 aliphatic rings. The zero-order valence-electron chi connectivity index (χ0n) is 15.1. The van der Waals surface area contributed by atoms with Crippen LogP contribution in [0.4, 0.5) is 15.9 Å². The van der Waals surface area contributed by atoms with E-state index in [2.05, 4.69) is 25.1 Å². The minimum atomic E-state index is -0.305. The van der Waals surface area contributed by atoms with Crippen LogP contribution in [0, 0.1) is 5.82 Å².